The van der Waals surface area contributed by atoms with E-state index in [9.17, 15) is 4.79 Å². The Kier molecular flexibility index (Phi) is 4.65. The molecule has 0 radical (unpaired) electrons. The third-order valence-electron chi connectivity index (χ3n) is 3.38. The first-order valence-corrected chi connectivity index (χ1v) is 7.40. The molecular formula is C21H16O2. The molecular weight excluding hydrogens is 284 g/mol. The summed E-state index contributed by atoms with van der Waals surface area (Å²) in [4.78, 5) is 10.9. The average Bonchev–Trinajstić information content (AvgIpc) is 2.63. The lowest BCUT2D eigenvalue weighted by molar-refractivity contribution is 0.112. The molecule has 0 aromatic heterocycles. The molecule has 0 spiro atoms. The molecule has 0 aliphatic rings. The number of carbonyl (C=O) groups is 1. The van der Waals surface area contributed by atoms with E-state index in [0.29, 0.717) is 11.3 Å². The topological polar surface area (TPSA) is 26.3 Å². The first-order valence-electron chi connectivity index (χ1n) is 7.40. The van der Waals surface area contributed by atoms with Gasteiger partial charge in [-0.15, -0.1) is 0 Å². The van der Waals surface area contributed by atoms with E-state index >= 15 is 0 Å². The number of ether oxygens (including phenoxy) is 1. The summed E-state index contributed by atoms with van der Waals surface area (Å²) >= 11 is 0. The molecule has 0 aliphatic carbocycles. The highest BCUT2D eigenvalue weighted by molar-refractivity contribution is 5.79. The molecule has 0 N–H and O–H groups in total. The molecule has 112 valence electrons. The quantitative estimate of drug-likeness (QED) is 0.373. The van der Waals surface area contributed by atoms with Gasteiger partial charge in [0.2, 0.25) is 0 Å². The zero-order chi connectivity index (χ0) is 15.9. The van der Waals surface area contributed by atoms with E-state index in [2.05, 4.69) is 0 Å². The molecule has 0 heterocycles. The second-order valence-electron chi connectivity index (χ2n) is 5.08. The van der Waals surface area contributed by atoms with Crippen molar-refractivity contribution in [1.82, 2.24) is 0 Å². The number of carbonyl (C=O) groups excluding carboxylic acids is 1. The van der Waals surface area contributed by atoms with Gasteiger partial charge in [0.05, 0.1) is 0 Å². The highest BCUT2D eigenvalue weighted by Crippen LogP contribution is 2.24. The van der Waals surface area contributed by atoms with Crippen LogP contribution in [-0.4, -0.2) is 6.29 Å². The molecule has 3 aromatic carbocycles. The van der Waals surface area contributed by atoms with Gasteiger partial charge >= 0.3 is 0 Å². The van der Waals surface area contributed by atoms with Gasteiger partial charge in [-0.3, -0.25) is 4.79 Å². The van der Waals surface area contributed by atoms with Crippen molar-refractivity contribution in [2.45, 2.75) is 0 Å². The Morgan fingerprint density at radius 2 is 1.39 bits per heavy atom. The summed E-state index contributed by atoms with van der Waals surface area (Å²) < 4.78 is 6.05. The maximum absolute atomic E-state index is 10.9. The third kappa shape index (κ3) is 3.95. The number of hydrogen-bond acceptors (Lipinski definition) is 2. The Hall–Kier alpha value is -3.13. The molecule has 23 heavy (non-hydrogen) atoms. The van der Waals surface area contributed by atoms with Crippen LogP contribution in [0.2, 0.25) is 0 Å². The lowest BCUT2D eigenvalue weighted by Crippen LogP contribution is -1.95. The molecule has 0 aliphatic heterocycles. The van der Waals surface area contributed by atoms with Crippen LogP contribution >= 0.6 is 0 Å². The Morgan fingerprint density at radius 1 is 0.739 bits per heavy atom. The molecule has 0 unspecified atom stereocenters. The number of rotatable bonds is 5. The molecule has 3 aromatic rings. The number of benzene rings is 3. The smallest absolute Gasteiger partial charge is 0.150 e. The Balaban J connectivity index is 1.98. The second-order valence-corrected chi connectivity index (χ2v) is 5.08. The lowest BCUT2D eigenvalue weighted by Gasteiger charge is -2.11. The van der Waals surface area contributed by atoms with Gasteiger partial charge in [0, 0.05) is 11.1 Å². The van der Waals surface area contributed by atoms with E-state index in [1.54, 1.807) is 12.1 Å². The van der Waals surface area contributed by atoms with Gasteiger partial charge in [0.25, 0.3) is 0 Å². The van der Waals surface area contributed by atoms with Gasteiger partial charge in [-0.25, -0.2) is 0 Å². The molecule has 0 amide bonds. The summed E-state index contributed by atoms with van der Waals surface area (Å²) in [7, 11) is 0. The Labute approximate surface area is 135 Å². The van der Waals surface area contributed by atoms with Crippen LogP contribution in [0.3, 0.4) is 0 Å². The van der Waals surface area contributed by atoms with Crippen LogP contribution in [0.4, 0.5) is 0 Å². The predicted octanol–water partition coefficient (Wildman–Crippen LogP) is 5.08. The highest BCUT2D eigenvalue weighted by atomic mass is 16.5. The molecule has 0 bridgehead atoms. The predicted molar refractivity (Wildman–Crippen MR) is 93.2 cm³/mol. The van der Waals surface area contributed by atoms with Gasteiger partial charge in [-0.1, -0.05) is 72.8 Å². The first-order chi connectivity index (χ1) is 11.3. The van der Waals surface area contributed by atoms with Crippen LogP contribution in [0.15, 0.2) is 84.9 Å². The van der Waals surface area contributed by atoms with E-state index in [0.717, 1.165) is 23.2 Å². The fraction of sp³-hybridized carbons (Fsp3) is 0. The zero-order valence-electron chi connectivity index (χ0n) is 12.6. The van der Waals surface area contributed by atoms with E-state index < -0.39 is 0 Å². The van der Waals surface area contributed by atoms with Crippen molar-refractivity contribution in [2.75, 3.05) is 0 Å². The van der Waals surface area contributed by atoms with Crippen LogP contribution in [-0.2, 0) is 0 Å². The fourth-order valence-corrected chi connectivity index (χ4v) is 2.25. The molecule has 2 heteroatoms. The second kappa shape index (κ2) is 7.23. The molecule has 2 nitrogen and oxygen atoms in total. The molecule has 0 saturated carbocycles. The van der Waals surface area contributed by atoms with Crippen LogP contribution < -0.4 is 4.74 Å². The number of hydrogen-bond donors (Lipinski definition) is 0. The summed E-state index contributed by atoms with van der Waals surface area (Å²) in [5.74, 6) is 1.38. The maximum Gasteiger partial charge on any atom is 0.150 e. The van der Waals surface area contributed by atoms with E-state index in [4.69, 9.17) is 4.74 Å². The van der Waals surface area contributed by atoms with Gasteiger partial charge in [0.1, 0.15) is 17.8 Å². The first kappa shape index (κ1) is 14.8. The lowest BCUT2D eigenvalue weighted by atomic mass is 10.1. The van der Waals surface area contributed by atoms with E-state index in [-0.39, 0.29) is 0 Å². The Morgan fingerprint density at radius 3 is 2.09 bits per heavy atom. The highest BCUT2D eigenvalue weighted by Gasteiger charge is 2.05. The Bertz CT molecular complexity index is 806. The summed E-state index contributed by atoms with van der Waals surface area (Å²) in [6.45, 7) is 0. The van der Waals surface area contributed by atoms with Crippen molar-refractivity contribution in [3.05, 3.63) is 102 Å². The minimum absolute atomic E-state index is 0.592. The minimum atomic E-state index is 0.592. The van der Waals surface area contributed by atoms with Crippen LogP contribution in [0.5, 0.6) is 5.75 Å². The summed E-state index contributed by atoms with van der Waals surface area (Å²) in [5.41, 5.74) is 2.63. The molecule has 3 rings (SSSR count). The van der Waals surface area contributed by atoms with Gasteiger partial charge in [-0.2, -0.15) is 0 Å². The zero-order valence-corrected chi connectivity index (χ0v) is 12.6. The van der Waals surface area contributed by atoms with Crippen LogP contribution in [0.25, 0.3) is 11.8 Å². The van der Waals surface area contributed by atoms with Gasteiger partial charge in [-0.05, 0) is 23.8 Å². The maximum atomic E-state index is 10.9. The number of aldehydes is 1. The van der Waals surface area contributed by atoms with Crippen molar-refractivity contribution < 1.29 is 9.53 Å². The molecule has 0 atom stereocenters. The SMILES string of the molecule is O=Cc1cccc(O/C(=C\c2ccccc2)c2ccccc2)c1. The summed E-state index contributed by atoms with van der Waals surface area (Å²) in [6, 6.07) is 27.0. The van der Waals surface area contributed by atoms with Crippen LogP contribution in [0.1, 0.15) is 21.5 Å². The van der Waals surface area contributed by atoms with Crippen molar-refractivity contribution >= 4 is 18.1 Å². The van der Waals surface area contributed by atoms with Crippen molar-refractivity contribution in [3.8, 4) is 5.75 Å². The van der Waals surface area contributed by atoms with Crippen molar-refractivity contribution in [2.24, 2.45) is 0 Å². The van der Waals surface area contributed by atoms with Gasteiger partial charge < -0.3 is 4.74 Å². The van der Waals surface area contributed by atoms with E-state index in [1.807, 2.05) is 78.9 Å². The largest absolute Gasteiger partial charge is 0.457 e. The monoisotopic (exact) mass is 300 g/mol. The van der Waals surface area contributed by atoms with E-state index in [1.165, 1.54) is 0 Å². The average molecular weight is 300 g/mol. The minimum Gasteiger partial charge on any atom is -0.457 e. The standard InChI is InChI=1S/C21H16O2/c22-16-18-10-7-13-20(14-18)23-21(19-11-5-2-6-12-19)15-17-8-3-1-4-9-17/h1-16H/b21-15-. The summed E-state index contributed by atoms with van der Waals surface area (Å²) in [5, 5.41) is 0. The fourth-order valence-electron chi connectivity index (χ4n) is 2.25. The van der Waals surface area contributed by atoms with Crippen molar-refractivity contribution in [3.63, 3.8) is 0 Å². The molecule has 0 saturated heterocycles. The summed E-state index contributed by atoms with van der Waals surface area (Å²) in [6.07, 6.45) is 2.80. The van der Waals surface area contributed by atoms with Crippen LogP contribution in [0, 0.1) is 0 Å². The normalized spacial score (nSPS) is 11.0. The third-order valence-corrected chi connectivity index (χ3v) is 3.38. The van der Waals surface area contributed by atoms with Gasteiger partial charge in [0.15, 0.2) is 0 Å². The molecule has 0 fully saturated rings. The van der Waals surface area contributed by atoms with Crippen molar-refractivity contribution in [1.29, 1.82) is 0 Å².